The molecular formula is C23H28FN3O. The third-order valence-corrected chi connectivity index (χ3v) is 6.05. The Balaban J connectivity index is 1.35. The predicted octanol–water partition coefficient (Wildman–Crippen LogP) is 4.84. The third kappa shape index (κ3) is 4.53. The molecule has 28 heavy (non-hydrogen) atoms. The molecule has 0 aromatic heterocycles. The summed E-state index contributed by atoms with van der Waals surface area (Å²) in [5.41, 5.74) is 3.26. The number of amides is 2. The number of halogens is 1. The minimum atomic E-state index is -0.306. The van der Waals surface area contributed by atoms with E-state index in [-0.39, 0.29) is 17.9 Å². The highest BCUT2D eigenvalue weighted by molar-refractivity contribution is 5.89. The molecule has 2 bridgehead atoms. The van der Waals surface area contributed by atoms with Gasteiger partial charge in [0.25, 0.3) is 0 Å². The monoisotopic (exact) mass is 381 g/mol. The summed E-state index contributed by atoms with van der Waals surface area (Å²) in [6.07, 6.45) is 5.63. The fourth-order valence-electron chi connectivity index (χ4n) is 4.64. The van der Waals surface area contributed by atoms with Crippen LogP contribution in [0.5, 0.6) is 0 Å². The predicted molar refractivity (Wildman–Crippen MR) is 110 cm³/mol. The maximum atomic E-state index is 13.0. The lowest BCUT2D eigenvalue weighted by atomic mass is 9.81. The number of benzene rings is 2. The molecule has 0 aliphatic carbocycles. The number of hydrogen-bond donors (Lipinski definition) is 2. The van der Waals surface area contributed by atoms with Crippen molar-refractivity contribution < 1.29 is 9.18 Å². The van der Waals surface area contributed by atoms with Crippen molar-refractivity contribution in [1.82, 2.24) is 10.2 Å². The van der Waals surface area contributed by atoms with Gasteiger partial charge in [-0.25, -0.2) is 9.18 Å². The van der Waals surface area contributed by atoms with E-state index in [0.717, 1.165) is 19.4 Å². The smallest absolute Gasteiger partial charge is 0.319 e. The number of hydrogen-bond acceptors (Lipinski definition) is 2. The third-order valence-electron chi connectivity index (χ3n) is 6.05. The number of aryl methyl sites for hydroxylation is 1. The second-order valence-electron chi connectivity index (χ2n) is 8.17. The standard InChI is InChI=1S/C23H28FN3O/c1-16-5-7-17(8-6-16)15-27-21-3-2-4-22(27)14-20(13-21)26-23(28)25-19-11-9-18(24)10-12-19/h5-12,20-22H,2-4,13-15H2,1H3,(H2,25,26,28). The van der Waals surface area contributed by atoms with Gasteiger partial charge in [0, 0.05) is 30.4 Å². The van der Waals surface area contributed by atoms with Crippen LogP contribution < -0.4 is 10.6 Å². The first-order chi connectivity index (χ1) is 13.6. The minimum absolute atomic E-state index is 0.185. The second kappa shape index (κ2) is 8.31. The van der Waals surface area contributed by atoms with Crippen LogP contribution in [0.3, 0.4) is 0 Å². The molecule has 2 aromatic carbocycles. The van der Waals surface area contributed by atoms with Gasteiger partial charge in [0.2, 0.25) is 0 Å². The van der Waals surface area contributed by atoms with Gasteiger partial charge in [-0.1, -0.05) is 36.2 Å². The first-order valence-corrected chi connectivity index (χ1v) is 10.2. The van der Waals surface area contributed by atoms with Gasteiger partial charge in [-0.15, -0.1) is 0 Å². The summed E-state index contributed by atoms with van der Waals surface area (Å²) in [6.45, 7) is 3.11. The number of nitrogens with one attached hydrogen (secondary N) is 2. The topological polar surface area (TPSA) is 44.4 Å². The lowest BCUT2D eigenvalue weighted by Crippen LogP contribution is -2.56. The molecule has 2 aromatic rings. The molecule has 0 saturated carbocycles. The molecule has 2 heterocycles. The van der Waals surface area contributed by atoms with E-state index in [9.17, 15) is 9.18 Å². The summed E-state index contributed by atoms with van der Waals surface area (Å²) in [5.74, 6) is -0.306. The molecule has 2 saturated heterocycles. The van der Waals surface area contributed by atoms with Gasteiger partial charge in [0.15, 0.2) is 0 Å². The van der Waals surface area contributed by atoms with Crippen LogP contribution in [-0.4, -0.2) is 29.1 Å². The van der Waals surface area contributed by atoms with Crippen LogP contribution in [0.15, 0.2) is 48.5 Å². The molecule has 4 nitrogen and oxygen atoms in total. The van der Waals surface area contributed by atoms with Crippen LogP contribution >= 0.6 is 0 Å². The Hall–Kier alpha value is -2.40. The van der Waals surface area contributed by atoms with E-state index in [1.165, 1.54) is 42.5 Å². The van der Waals surface area contributed by atoms with E-state index < -0.39 is 0 Å². The maximum Gasteiger partial charge on any atom is 0.319 e. The molecule has 2 aliphatic rings. The lowest BCUT2D eigenvalue weighted by Gasteiger charge is -2.49. The zero-order valence-electron chi connectivity index (χ0n) is 16.3. The van der Waals surface area contributed by atoms with Crippen LogP contribution in [0, 0.1) is 12.7 Å². The fourth-order valence-corrected chi connectivity index (χ4v) is 4.64. The van der Waals surface area contributed by atoms with Gasteiger partial charge in [-0.05, 0) is 62.4 Å². The van der Waals surface area contributed by atoms with Crippen molar-refractivity contribution in [1.29, 1.82) is 0 Å². The van der Waals surface area contributed by atoms with Gasteiger partial charge >= 0.3 is 6.03 Å². The van der Waals surface area contributed by atoms with E-state index >= 15 is 0 Å². The summed E-state index contributed by atoms with van der Waals surface area (Å²) >= 11 is 0. The Morgan fingerprint density at radius 1 is 1.04 bits per heavy atom. The molecule has 2 N–H and O–H groups in total. The molecule has 2 amide bonds. The number of fused-ring (bicyclic) bond motifs is 2. The Bertz CT molecular complexity index is 792. The van der Waals surface area contributed by atoms with E-state index in [1.54, 1.807) is 12.1 Å². The maximum absolute atomic E-state index is 13.0. The first-order valence-electron chi connectivity index (χ1n) is 10.2. The first kappa shape index (κ1) is 18.9. The number of anilines is 1. The molecule has 0 spiro atoms. The molecule has 4 rings (SSSR count). The summed E-state index contributed by atoms with van der Waals surface area (Å²) in [6, 6.07) is 15.7. The van der Waals surface area contributed by atoms with Crippen molar-refractivity contribution in [2.45, 2.75) is 63.7 Å². The molecule has 0 radical (unpaired) electrons. The van der Waals surface area contributed by atoms with E-state index in [4.69, 9.17) is 0 Å². The van der Waals surface area contributed by atoms with Crippen molar-refractivity contribution in [3.63, 3.8) is 0 Å². The minimum Gasteiger partial charge on any atom is -0.335 e. The van der Waals surface area contributed by atoms with E-state index in [2.05, 4.69) is 46.7 Å². The van der Waals surface area contributed by atoms with E-state index in [0.29, 0.717) is 17.8 Å². The Kier molecular flexibility index (Phi) is 5.62. The molecule has 2 fully saturated rings. The van der Waals surface area contributed by atoms with Gasteiger partial charge in [-0.2, -0.15) is 0 Å². The number of piperidine rings is 2. The van der Waals surface area contributed by atoms with Crippen LogP contribution in [-0.2, 0) is 6.54 Å². The highest BCUT2D eigenvalue weighted by Gasteiger charge is 2.38. The summed E-state index contributed by atoms with van der Waals surface area (Å²) < 4.78 is 13.0. The quantitative estimate of drug-likeness (QED) is 0.796. The van der Waals surface area contributed by atoms with Gasteiger partial charge in [-0.3, -0.25) is 4.90 Å². The number of rotatable bonds is 4. The highest BCUT2D eigenvalue weighted by Crippen LogP contribution is 2.35. The van der Waals surface area contributed by atoms with E-state index in [1.807, 2.05) is 0 Å². The van der Waals surface area contributed by atoms with Crippen molar-refractivity contribution >= 4 is 11.7 Å². The average Bonchev–Trinajstić information content (AvgIpc) is 2.66. The van der Waals surface area contributed by atoms with Crippen molar-refractivity contribution in [3.8, 4) is 0 Å². The summed E-state index contributed by atoms with van der Waals surface area (Å²) in [7, 11) is 0. The average molecular weight is 381 g/mol. The molecule has 2 unspecified atom stereocenters. The van der Waals surface area contributed by atoms with Crippen LogP contribution in [0.25, 0.3) is 0 Å². The van der Waals surface area contributed by atoms with Crippen LogP contribution in [0.1, 0.15) is 43.2 Å². The van der Waals surface area contributed by atoms with Crippen molar-refractivity contribution in [3.05, 3.63) is 65.5 Å². The zero-order chi connectivity index (χ0) is 19.5. The SMILES string of the molecule is Cc1ccc(CN2C3CCCC2CC(NC(=O)Nc2ccc(F)cc2)C3)cc1. The molecule has 148 valence electrons. The Morgan fingerprint density at radius 2 is 1.68 bits per heavy atom. The Morgan fingerprint density at radius 3 is 2.32 bits per heavy atom. The van der Waals surface area contributed by atoms with Crippen LogP contribution in [0.2, 0.25) is 0 Å². The largest absolute Gasteiger partial charge is 0.335 e. The Labute approximate surface area is 166 Å². The normalized spacial score (nSPS) is 24.6. The fraction of sp³-hybridized carbons (Fsp3) is 0.435. The van der Waals surface area contributed by atoms with Gasteiger partial charge < -0.3 is 10.6 Å². The van der Waals surface area contributed by atoms with Crippen molar-refractivity contribution in [2.24, 2.45) is 0 Å². The number of urea groups is 1. The van der Waals surface area contributed by atoms with Gasteiger partial charge in [0.1, 0.15) is 5.82 Å². The van der Waals surface area contributed by atoms with Crippen molar-refractivity contribution in [2.75, 3.05) is 5.32 Å². The molecule has 2 atom stereocenters. The summed E-state index contributed by atoms with van der Waals surface area (Å²) in [4.78, 5) is 15.0. The number of carbonyl (C=O) groups excluding carboxylic acids is 1. The highest BCUT2D eigenvalue weighted by atomic mass is 19.1. The molecule has 2 aliphatic heterocycles. The molecular weight excluding hydrogens is 353 g/mol. The summed E-state index contributed by atoms with van der Waals surface area (Å²) in [5, 5.41) is 5.94. The van der Waals surface area contributed by atoms with Gasteiger partial charge in [0.05, 0.1) is 0 Å². The number of nitrogens with zero attached hydrogens (tertiary/aromatic N) is 1. The lowest BCUT2D eigenvalue weighted by molar-refractivity contribution is 0.0200. The zero-order valence-corrected chi connectivity index (χ0v) is 16.3. The number of carbonyl (C=O) groups is 1. The second-order valence-corrected chi connectivity index (χ2v) is 8.17. The van der Waals surface area contributed by atoms with Crippen LogP contribution in [0.4, 0.5) is 14.9 Å². The molecule has 5 heteroatoms.